The third-order valence-corrected chi connectivity index (χ3v) is 7.51. The van der Waals surface area contributed by atoms with Crippen LogP contribution in [0.1, 0.15) is 45.9 Å². The molecule has 1 aromatic carbocycles. The van der Waals surface area contributed by atoms with Crippen molar-refractivity contribution >= 4 is 33.4 Å². The van der Waals surface area contributed by atoms with Gasteiger partial charge in [0.15, 0.2) is 0 Å². The first-order valence-corrected chi connectivity index (χ1v) is 13.1. The standard InChI is InChI=1S/C23H29F2N5O6S/c1-13-19(12-29(28-13)21(24)25)37(33,34)30-11-16(10-26-20(31)14-5-6-14)35-18-8-7-15(9-17(18)30)27-22(32)36-23(2,3)4/h7-9,12,14,16,21H,5-6,10-11H2,1-4H3,(H,26,31)(H,27,32). The number of carbonyl (C=O) groups is 2. The smallest absolute Gasteiger partial charge is 0.412 e. The fraction of sp³-hybridized carbons (Fsp3) is 0.522. The number of nitrogens with zero attached hydrogens (tertiary/aromatic N) is 3. The summed E-state index contributed by atoms with van der Waals surface area (Å²) >= 11 is 0. The summed E-state index contributed by atoms with van der Waals surface area (Å²) in [5, 5.41) is 8.94. The van der Waals surface area contributed by atoms with Crippen LogP contribution in [0.3, 0.4) is 0 Å². The monoisotopic (exact) mass is 541 g/mol. The molecule has 0 radical (unpaired) electrons. The number of aromatic nitrogens is 2. The number of nitrogens with one attached hydrogen (secondary N) is 2. The quantitative estimate of drug-likeness (QED) is 0.549. The van der Waals surface area contributed by atoms with Crippen LogP contribution in [-0.4, -0.2) is 55.0 Å². The second-order valence-corrected chi connectivity index (χ2v) is 11.8. The highest BCUT2D eigenvalue weighted by Crippen LogP contribution is 2.39. The lowest BCUT2D eigenvalue weighted by molar-refractivity contribution is -0.122. The summed E-state index contributed by atoms with van der Waals surface area (Å²) in [5.74, 6) is 0.00365. The number of anilines is 2. The molecule has 2 aliphatic rings. The molecule has 14 heteroatoms. The van der Waals surface area contributed by atoms with E-state index < -0.39 is 39.3 Å². The number of sulfonamides is 1. The normalized spacial score (nSPS) is 17.7. The van der Waals surface area contributed by atoms with Crippen molar-refractivity contribution in [2.24, 2.45) is 5.92 Å². The van der Waals surface area contributed by atoms with Crippen molar-refractivity contribution in [2.45, 2.75) is 63.7 Å². The number of hydrogen-bond donors (Lipinski definition) is 2. The molecule has 1 saturated carbocycles. The number of alkyl halides is 2. The Bertz CT molecular complexity index is 1300. The number of rotatable bonds is 7. The average molecular weight is 542 g/mol. The van der Waals surface area contributed by atoms with Gasteiger partial charge in [-0.2, -0.15) is 13.9 Å². The van der Waals surface area contributed by atoms with E-state index in [0.717, 1.165) is 23.3 Å². The maximum absolute atomic E-state index is 13.7. The Morgan fingerprint density at radius 2 is 1.97 bits per heavy atom. The minimum Gasteiger partial charge on any atom is -0.484 e. The zero-order valence-electron chi connectivity index (χ0n) is 20.8. The Labute approximate surface area is 213 Å². The molecule has 2 heterocycles. The summed E-state index contributed by atoms with van der Waals surface area (Å²) in [4.78, 5) is 24.0. The van der Waals surface area contributed by atoms with Crippen LogP contribution in [0.15, 0.2) is 29.3 Å². The first-order chi connectivity index (χ1) is 17.2. The Morgan fingerprint density at radius 3 is 2.57 bits per heavy atom. The first kappa shape index (κ1) is 26.6. The molecule has 2 N–H and O–H groups in total. The third-order valence-electron chi connectivity index (χ3n) is 5.63. The van der Waals surface area contributed by atoms with E-state index in [0.29, 0.717) is 0 Å². The van der Waals surface area contributed by atoms with Gasteiger partial charge in [-0.3, -0.25) is 14.4 Å². The fourth-order valence-corrected chi connectivity index (χ4v) is 5.44. The van der Waals surface area contributed by atoms with E-state index in [9.17, 15) is 26.8 Å². The molecule has 1 atom stereocenters. The Hall–Kier alpha value is -3.42. The van der Waals surface area contributed by atoms with E-state index in [4.69, 9.17) is 9.47 Å². The predicted molar refractivity (Wildman–Crippen MR) is 129 cm³/mol. The summed E-state index contributed by atoms with van der Waals surface area (Å²) in [6, 6.07) is 4.39. The van der Waals surface area contributed by atoms with E-state index in [2.05, 4.69) is 15.7 Å². The highest BCUT2D eigenvalue weighted by Gasteiger charge is 2.38. The number of benzene rings is 1. The number of amides is 2. The van der Waals surface area contributed by atoms with Gasteiger partial charge >= 0.3 is 12.6 Å². The van der Waals surface area contributed by atoms with Gasteiger partial charge < -0.3 is 14.8 Å². The van der Waals surface area contributed by atoms with E-state index in [1.165, 1.54) is 25.1 Å². The lowest BCUT2D eigenvalue weighted by Crippen LogP contribution is -2.48. The number of carbonyl (C=O) groups excluding carboxylic acids is 2. The topological polar surface area (TPSA) is 132 Å². The number of ether oxygens (including phenoxy) is 2. The largest absolute Gasteiger partial charge is 0.484 e. The molecule has 2 amide bonds. The SMILES string of the molecule is Cc1nn(C(F)F)cc1S(=O)(=O)N1CC(CNC(=O)C2CC2)Oc2ccc(NC(=O)OC(C)(C)C)cc21. The molecular formula is C23H29F2N5O6S. The zero-order valence-corrected chi connectivity index (χ0v) is 21.6. The first-order valence-electron chi connectivity index (χ1n) is 11.7. The van der Waals surface area contributed by atoms with Gasteiger partial charge in [-0.1, -0.05) is 0 Å². The van der Waals surface area contributed by atoms with Gasteiger partial charge in [0.2, 0.25) is 5.91 Å². The van der Waals surface area contributed by atoms with Crippen molar-refractivity contribution in [1.29, 1.82) is 0 Å². The third kappa shape index (κ3) is 6.12. The van der Waals surface area contributed by atoms with E-state index in [1.807, 2.05) is 0 Å². The maximum atomic E-state index is 13.7. The maximum Gasteiger partial charge on any atom is 0.412 e. The summed E-state index contributed by atoms with van der Waals surface area (Å²) in [5.41, 5.74) is -0.535. The Balaban J connectivity index is 1.67. The number of aryl methyl sites for hydroxylation is 1. The van der Waals surface area contributed by atoms with Crippen molar-refractivity contribution in [3.05, 3.63) is 30.1 Å². The van der Waals surface area contributed by atoms with Crippen LogP contribution in [-0.2, 0) is 19.6 Å². The predicted octanol–water partition coefficient (Wildman–Crippen LogP) is 3.42. The molecule has 11 nitrogen and oxygen atoms in total. The molecule has 4 rings (SSSR count). The zero-order chi connectivity index (χ0) is 27.1. The van der Waals surface area contributed by atoms with Crippen molar-refractivity contribution in [3.63, 3.8) is 0 Å². The molecule has 0 saturated heterocycles. The van der Waals surface area contributed by atoms with Crippen LogP contribution in [0.2, 0.25) is 0 Å². The summed E-state index contributed by atoms with van der Waals surface area (Å²) < 4.78 is 66.3. The average Bonchev–Trinajstić information content (AvgIpc) is 3.56. The number of halogens is 2. The highest BCUT2D eigenvalue weighted by atomic mass is 32.2. The van der Waals surface area contributed by atoms with Crippen molar-refractivity contribution in [1.82, 2.24) is 15.1 Å². The van der Waals surface area contributed by atoms with Gasteiger partial charge in [0.25, 0.3) is 10.0 Å². The second-order valence-electron chi connectivity index (χ2n) is 9.94. The number of fused-ring (bicyclic) bond motifs is 1. The minimum absolute atomic E-state index is 0.0416. The van der Waals surface area contributed by atoms with Gasteiger partial charge in [0, 0.05) is 11.6 Å². The fourth-order valence-electron chi connectivity index (χ4n) is 3.79. The summed E-state index contributed by atoms with van der Waals surface area (Å²) in [6.45, 7) is 3.24. The van der Waals surface area contributed by atoms with E-state index in [-0.39, 0.29) is 52.4 Å². The lowest BCUT2D eigenvalue weighted by atomic mass is 10.2. The molecule has 37 heavy (non-hydrogen) atoms. The van der Waals surface area contributed by atoms with Gasteiger partial charge in [-0.15, -0.1) is 0 Å². The molecule has 1 aliphatic heterocycles. The van der Waals surface area contributed by atoms with Crippen LogP contribution in [0.25, 0.3) is 0 Å². The number of hydrogen-bond acceptors (Lipinski definition) is 7. The molecule has 1 fully saturated rings. The molecular weight excluding hydrogens is 512 g/mol. The van der Waals surface area contributed by atoms with Gasteiger partial charge in [0.1, 0.15) is 22.4 Å². The molecule has 1 unspecified atom stereocenters. The highest BCUT2D eigenvalue weighted by molar-refractivity contribution is 7.92. The molecule has 2 aromatic rings. The van der Waals surface area contributed by atoms with Gasteiger partial charge in [-0.05, 0) is 58.7 Å². The van der Waals surface area contributed by atoms with Crippen molar-refractivity contribution in [3.8, 4) is 5.75 Å². The van der Waals surface area contributed by atoms with Gasteiger partial charge in [0.05, 0.1) is 30.7 Å². The lowest BCUT2D eigenvalue weighted by Gasteiger charge is -2.35. The van der Waals surface area contributed by atoms with Crippen LogP contribution >= 0.6 is 0 Å². The van der Waals surface area contributed by atoms with Crippen molar-refractivity contribution < 1.29 is 36.3 Å². The van der Waals surface area contributed by atoms with Gasteiger partial charge in [-0.25, -0.2) is 17.9 Å². The molecule has 1 aliphatic carbocycles. The molecule has 202 valence electrons. The second kappa shape index (κ2) is 9.80. The Kier molecular flexibility index (Phi) is 7.06. The molecule has 0 bridgehead atoms. The van der Waals surface area contributed by atoms with Crippen LogP contribution in [0.4, 0.5) is 25.0 Å². The summed E-state index contributed by atoms with van der Waals surface area (Å²) in [6.07, 6.45) is 0.897. The van der Waals surface area contributed by atoms with Crippen LogP contribution < -0.4 is 19.7 Å². The van der Waals surface area contributed by atoms with Crippen LogP contribution in [0.5, 0.6) is 5.75 Å². The van der Waals surface area contributed by atoms with Crippen LogP contribution in [0, 0.1) is 12.8 Å². The Morgan fingerprint density at radius 1 is 1.27 bits per heavy atom. The van der Waals surface area contributed by atoms with Crippen molar-refractivity contribution in [2.75, 3.05) is 22.7 Å². The summed E-state index contributed by atoms with van der Waals surface area (Å²) in [7, 11) is -4.39. The van der Waals surface area contributed by atoms with E-state index in [1.54, 1.807) is 20.8 Å². The molecule has 0 spiro atoms. The van der Waals surface area contributed by atoms with E-state index >= 15 is 0 Å². The molecule has 1 aromatic heterocycles. The minimum atomic E-state index is -4.39.